The van der Waals surface area contributed by atoms with E-state index in [1.165, 1.54) is 0 Å². The molecule has 0 radical (unpaired) electrons. The lowest BCUT2D eigenvalue weighted by atomic mass is 10.0. The molecule has 2 aromatic rings. The van der Waals surface area contributed by atoms with E-state index in [4.69, 9.17) is 31.6 Å². The number of hydrogen-bond donors (Lipinski definition) is 1. The van der Waals surface area contributed by atoms with Crippen LogP contribution in [0.4, 0.5) is 5.69 Å². The van der Waals surface area contributed by atoms with Gasteiger partial charge < -0.3 is 9.47 Å². The van der Waals surface area contributed by atoms with Gasteiger partial charge in [0.2, 0.25) is 5.71 Å². The maximum Gasteiger partial charge on any atom is 0.237 e. The van der Waals surface area contributed by atoms with Crippen LogP contribution in [0.15, 0.2) is 41.5 Å². The van der Waals surface area contributed by atoms with Crippen LogP contribution in [0.3, 0.4) is 0 Å². The molecule has 0 aliphatic carbocycles. The summed E-state index contributed by atoms with van der Waals surface area (Å²) >= 11 is 5.87. The van der Waals surface area contributed by atoms with Crippen molar-refractivity contribution in [1.82, 2.24) is 0 Å². The maximum absolute atomic E-state index is 12.9. The number of hydrazone groups is 1. The molecule has 1 aliphatic heterocycles. The van der Waals surface area contributed by atoms with Gasteiger partial charge in [0.1, 0.15) is 25.4 Å². The normalized spacial score (nSPS) is 11.7. The minimum Gasteiger partial charge on any atom is -0.486 e. The highest BCUT2D eigenvalue weighted by atomic mass is 35.5. The number of ether oxygens (including phenoxy) is 2. The highest BCUT2D eigenvalue weighted by Crippen LogP contribution is 2.36. The first-order valence-corrected chi connectivity index (χ1v) is 7.88. The average molecular weight is 367 g/mol. The zero-order valence-corrected chi connectivity index (χ0v) is 14.1. The van der Waals surface area contributed by atoms with Gasteiger partial charge >= 0.3 is 0 Å². The molecule has 0 aromatic heterocycles. The quantitative estimate of drug-likeness (QED) is 0.506. The van der Waals surface area contributed by atoms with E-state index in [-0.39, 0.29) is 22.7 Å². The molecule has 128 valence electrons. The van der Waals surface area contributed by atoms with E-state index in [1.807, 2.05) is 0 Å². The minimum absolute atomic E-state index is 0.260. The third-order valence-electron chi connectivity index (χ3n) is 3.53. The second kappa shape index (κ2) is 7.56. The largest absolute Gasteiger partial charge is 0.486 e. The summed E-state index contributed by atoms with van der Waals surface area (Å²) in [6, 6.07) is 12.8. The Morgan fingerprint density at radius 3 is 2.31 bits per heavy atom. The molecule has 0 bridgehead atoms. The number of nitrogens with one attached hydrogen (secondary N) is 1. The molecule has 26 heavy (non-hydrogen) atoms. The highest BCUT2D eigenvalue weighted by Gasteiger charge is 2.21. The number of rotatable bonds is 4. The van der Waals surface area contributed by atoms with Crippen LogP contribution in [-0.2, 0) is 0 Å². The summed E-state index contributed by atoms with van der Waals surface area (Å²) in [5, 5.41) is 21.8. The van der Waals surface area contributed by atoms with Gasteiger partial charge in [-0.1, -0.05) is 11.6 Å². The van der Waals surface area contributed by atoms with Gasteiger partial charge in [0, 0.05) is 16.7 Å². The summed E-state index contributed by atoms with van der Waals surface area (Å²) < 4.78 is 11.0. The Balaban J connectivity index is 2.05. The van der Waals surface area contributed by atoms with E-state index in [2.05, 4.69) is 10.5 Å². The van der Waals surface area contributed by atoms with Gasteiger partial charge in [0.15, 0.2) is 17.3 Å². The Morgan fingerprint density at radius 2 is 1.69 bits per heavy atom. The van der Waals surface area contributed by atoms with Gasteiger partial charge in [0.05, 0.1) is 11.3 Å². The van der Waals surface area contributed by atoms with E-state index in [1.54, 1.807) is 48.5 Å². The molecule has 1 N–H and O–H groups in total. The summed E-state index contributed by atoms with van der Waals surface area (Å²) in [5.74, 6) is 0.577. The lowest BCUT2D eigenvalue weighted by molar-refractivity contribution is 0.103. The lowest BCUT2D eigenvalue weighted by Gasteiger charge is -2.20. The third kappa shape index (κ3) is 3.59. The van der Waals surface area contributed by atoms with Gasteiger partial charge in [-0.15, -0.1) is 0 Å². The van der Waals surface area contributed by atoms with Crippen molar-refractivity contribution < 1.29 is 14.3 Å². The van der Waals surface area contributed by atoms with E-state index >= 15 is 0 Å². The smallest absolute Gasteiger partial charge is 0.237 e. The Labute approximate surface area is 154 Å². The van der Waals surface area contributed by atoms with Crippen LogP contribution in [0.1, 0.15) is 15.9 Å². The zero-order chi connectivity index (χ0) is 18.5. The maximum atomic E-state index is 12.9. The molecule has 7 nitrogen and oxygen atoms in total. The second-order valence-corrected chi connectivity index (χ2v) is 5.61. The number of carbonyl (C=O) groups excluding carboxylic acids is 1. The van der Waals surface area contributed by atoms with Crippen molar-refractivity contribution in [1.29, 1.82) is 10.5 Å². The lowest BCUT2D eigenvalue weighted by Crippen LogP contribution is -2.17. The molecule has 0 saturated heterocycles. The SMILES string of the molecule is N#CC(C#N)=NNc1cc2c(cc1C(=O)c1ccc(Cl)cc1)OCCO2. The summed E-state index contributed by atoms with van der Waals surface area (Å²) in [7, 11) is 0. The van der Waals surface area contributed by atoms with Gasteiger partial charge in [-0.3, -0.25) is 10.2 Å². The topological polar surface area (TPSA) is 108 Å². The zero-order valence-electron chi connectivity index (χ0n) is 13.3. The van der Waals surface area contributed by atoms with E-state index < -0.39 is 0 Å². The first-order valence-electron chi connectivity index (χ1n) is 7.50. The number of carbonyl (C=O) groups is 1. The number of anilines is 1. The average Bonchev–Trinajstić information content (AvgIpc) is 2.68. The molecule has 1 heterocycles. The van der Waals surface area contributed by atoms with Crippen molar-refractivity contribution in [2.45, 2.75) is 0 Å². The number of halogens is 1. The molecule has 0 saturated carbocycles. The number of benzene rings is 2. The van der Waals surface area contributed by atoms with Gasteiger partial charge in [-0.2, -0.15) is 15.6 Å². The van der Waals surface area contributed by atoms with Gasteiger partial charge in [-0.05, 0) is 30.3 Å². The number of nitriles is 2. The van der Waals surface area contributed by atoms with Crippen molar-refractivity contribution >= 4 is 28.8 Å². The third-order valence-corrected chi connectivity index (χ3v) is 3.79. The number of hydrogen-bond acceptors (Lipinski definition) is 7. The first-order chi connectivity index (χ1) is 12.6. The highest BCUT2D eigenvalue weighted by molar-refractivity contribution is 6.30. The summed E-state index contributed by atoms with van der Waals surface area (Å²) in [5.41, 5.74) is 3.18. The van der Waals surface area contributed by atoms with Crippen LogP contribution in [0.5, 0.6) is 11.5 Å². The number of ketones is 1. The van der Waals surface area contributed by atoms with Crippen LogP contribution < -0.4 is 14.9 Å². The van der Waals surface area contributed by atoms with E-state index in [0.29, 0.717) is 35.3 Å². The molecular weight excluding hydrogens is 356 g/mol. The molecule has 0 amide bonds. The van der Waals surface area contributed by atoms with Crippen LogP contribution in [-0.4, -0.2) is 24.7 Å². The summed E-state index contributed by atoms with van der Waals surface area (Å²) in [6.45, 7) is 0.751. The van der Waals surface area contributed by atoms with Crippen LogP contribution in [0.2, 0.25) is 5.02 Å². The van der Waals surface area contributed by atoms with Crippen molar-refractivity contribution in [3.05, 3.63) is 52.5 Å². The Kier molecular flexibility index (Phi) is 5.02. The molecule has 0 fully saturated rings. The standard InChI is InChI=1S/C18H11ClN4O3/c19-12-3-1-11(2-4-12)18(24)14-7-16-17(26-6-5-25-16)8-15(14)23-22-13(9-20)10-21/h1-4,7-8,23H,5-6H2. The molecule has 2 aromatic carbocycles. The van der Waals surface area contributed by atoms with Crippen molar-refractivity contribution in [2.75, 3.05) is 18.6 Å². The Bertz CT molecular complexity index is 956. The second-order valence-electron chi connectivity index (χ2n) is 5.17. The molecule has 0 atom stereocenters. The number of fused-ring (bicyclic) bond motifs is 1. The monoisotopic (exact) mass is 366 g/mol. The molecule has 0 spiro atoms. The minimum atomic E-state index is -0.371. The van der Waals surface area contributed by atoms with Crippen LogP contribution >= 0.6 is 11.6 Å². The Hall–Kier alpha value is -3.55. The molecular formula is C18H11ClN4O3. The summed E-state index contributed by atoms with van der Waals surface area (Å²) in [6.07, 6.45) is 0. The molecule has 8 heteroatoms. The fourth-order valence-corrected chi connectivity index (χ4v) is 2.44. The summed E-state index contributed by atoms with van der Waals surface area (Å²) in [4.78, 5) is 12.9. The van der Waals surface area contributed by atoms with Gasteiger partial charge in [0.25, 0.3) is 0 Å². The predicted octanol–water partition coefficient (Wildman–Crippen LogP) is 3.16. The fraction of sp³-hybridized carbons (Fsp3) is 0.111. The van der Waals surface area contributed by atoms with Crippen LogP contribution in [0.25, 0.3) is 0 Å². The van der Waals surface area contributed by atoms with Gasteiger partial charge in [-0.25, -0.2) is 0 Å². The number of nitrogens with zero attached hydrogens (tertiary/aromatic N) is 3. The first kappa shape index (κ1) is 17.3. The molecule has 3 rings (SSSR count). The molecule has 0 unspecified atom stereocenters. The van der Waals surface area contributed by atoms with Crippen molar-refractivity contribution in [3.63, 3.8) is 0 Å². The fourth-order valence-electron chi connectivity index (χ4n) is 2.32. The Morgan fingerprint density at radius 1 is 1.08 bits per heavy atom. The van der Waals surface area contributed by atoms with E-state index in [0.717, 1.165) is 0 Å². The van der Waals surface area contributed by atoms with Crippen LogP contribution in [0, 0.1) is 22.7 Å². The predicted molar refractivity (Wildman–Crippen MR) is 94.6 cm³/mol. The van der Waals surface area contributed by atoms with Crippen molar-refractivity contribution in [3.8, 4) is 23.6 Å². The van der Waals surface area contributed by atoms with Crippen molar-refractivity contribution in [2.24, 2.45) is 5.10 Å². The van der Waals surface area contributed by atoms with E-state index in [9.17, 15) is 4.79 Å². The molecule has 1 aliphatic rings.